The highest BCUT2D eigenvalue weighted by Crippen LogP contribution is 2.26. The van der Waals surface area contributed by atoms with Crippen LogP contribution < -0.4 is 0 Å². The highest BCUT2D eigenvalue weighted by molar-refractivity contribution is 5.70. The first kappa shape index (κ1) is 130. The molecule has 16 aromatic carbocycles. The fraction of sp³-hybridized carbons (Fsp3) is 0.212. The topological polar surface area (TPSA) is 190 Å². The van der Waals surface area contributed by atoms with Gasteiger partial charge in [-0.15, -0.1) is 0 Å². The molecule has 8 nitrogen and oxygen atoms in total. The molecule has 16 aromatic rings. The normalized spacial score (nSPS) is 8.37. The van der Waals surface area contributed by atoms with Gasteiger partial charge in [0, 0.05) is 0 Å². The van der Waals surface area contributed by atoms with E-state index < -0.39 is 0 Å². The number of rotatable bonds is 4. The van der Waals surface area contributed by atoms with Crippen LogP contribution in [0.15, 0.2) is 413 Å². The predicted molar refractivity (Wildman–Crippen MR) is 604 cm³/mol. The monoisotopic (exact) mass is 1850 g/mol. The van der Waals surface area contributed by atoms with Gasteiger partial charge in [-0.25, -0.2) is 0 Å². The molecule has 0 aromatic heterocycles. The minimum atomic E-state index is 0.443. The van der Waals surface area contributed by atoms with Crippen molar-refractivity contribution in [1.29, 1.82) is 42.1 Å². The Hall–Kier alpha value is -16.6. The van der Waals surface area contributed by atoms with E-state index in [1.807, 2.05) is 283 Å². The average molecular weight is 1850 g/mol. The zero-order chi connectivity index (χ0) is 106. The molecule has 0 atom stereocenters. The molecule has 0 saturated carbocycles. The maximum Gasteiger partial charge on any atom is 0.101 e. The van der Waals surface area contributed by atoms with Crippen LogP contribution in [0.2, 0.25) is 0 Å². The van der Waals surface area contributed by atoms with Gasteiger partial charge in [0.25, 0.3) is 0 Å². The lowest BCUT2D eigenvalue weighted by atomic mass is 10.0. The van der Waals surface area contributed by atoms with Crippen molar-refractivity contribution in [3.05, 3.63) is 524 Å². The highest BCUT2D eigenvalue weighted by Gasteiger charge is 2.05. The van der Waals surface area contributed by atoms with Crippen LogP contribution in [0.4, 0.5) is 0 Å². The van der Waals surface area contributed by atoms with Crippen molar-refractivity contribution in [2.24, 2.45) is 0 Å². The minimum absolute atomic E-state index is 0.443. The molecule has 0 aliphatic heterocycles. The predicted octanol–water partition coefficient (Wildman–Crippen LogP) is 37.8. The molecule has 0 aliphatic carbocycles. The van der Waals surface area contributed by atoms with Gasteiger partial charge >= 0.3 is 0 Å². The number of hydrogen-bond acceptors (Lipinski definition) is 8. The Labute approximate surface area is 847 Å². The molecule has 0 amide bonds. The molecule has 0 spiro atoms. The molecular formula is C132H152N8. The van der Waals surface area contributed by atoms with Crippen molar-refractivity contribution < 1.29 is 0 Å². The van der Waals surface area contributed by atoms with Gasteiger partial charge in [-0.05, 0) is 227 Å². The van der Waals surface area contributed by atoms with Crippen LogP contribution in [-0.2, 0) is 0 Å². The first-order valence-electron chi connectivity index (χ1n) is 48.3. The van der Waals surface area contributed by atoms with Crippen LogP contribution in [0, 0.1) is 174 Å². The summed E-state index contributed by atoms with van der Waals surface area (Å²) in [5, 5.41) is 68.4. The molecule has 0 radical (unpaired) electrons. The van der Waals surface area contributed by atoms with Gasteiger partial charge in [0.1, 0.15) is 12.1 Å². The summed E-state index contributed by atoms with van der Waals surface area (Å²) >= 11 is 0. The summed E-state index contributed by atoms with van der Waals surface area (Å²) < 4.78 is 0. The summed E-state index contributed by atoms with van der Waals surface area (Å²) in [6, 6.07) is 153. The van der Waals surface area contributed by atoms with Gasteiger partial charge in [0.05, 0.1) is 80.9 Å². The highest BCUT2D eigenvalue weighted by atomic mass is 14.3. The summed E-state index contributed by atoms with van der Waals surface area (Å²) in [5.41, 5.74) is 28.9. The Morgan fingerprint density at radius 1 is 0.136 bits per heavy atom. The van der Waals surface area contributed by atoms with Crippen LogP contribution in [0.5, 0.6) is 0 Å². The average Bonchev–Trinajstić information content (AvgIpc) is 0.866. The van der Waals surface area contributed by atoms with E-state index in [0.29, 0.717) is 44.5 Å². The van der Waals surface area contributed by atoms with Gasteiger partial charge in [-0.2, -0.15) is 42.1 Å². The maximum atomic E-state index is 8.58. The number of nitriles is 8. The third kappa shape index (κ3) is 57.2. The lowest BCUT2D eigenvalue weighted by Crippen LogP contribution is -1.85. The van der Waals surface area contributed by atoms with E-state index in [9.17, 15) is 0 Å². The molecule has 0 saturated heterocycles. The zero-order valence-electron chi connectivity index (χ0n) is 88.8. The molecular weight excluding hydrogens is 1700 g/mol. The lowest BCUT2D eigenvalue weighted by Gasteiger charge is -2.04. The van der Waals surface area contributed by atoms with Crippen molar-refractivity contribution in [3.8, 4) is 93.1 Å². The fourth-order valence-electron chi connectivity index (χ4n) is 11.6. The van der Waals surface area contributed by atoms with Gasteiger partial charge in [-0.1, -0.05) is 491 Å². The van der Waals surface area contributed by atoms with Crippen LogP contribution in [0.3, 0.4) is 0 Å². The SMILES string of the molecule is CC.CC.CC.CC.CC.CC.CC.CC.Cc1c(C#N)cccc1C#N.Cc1cc(C#N)cc(C#N)c1.Cc1ccc(C#N)c(C#N)c1.Cc1ccc(C#N)cc1C#N.Cc1ccccc1.Cc1ccccc1.Cc1ccccc1.Cc1ccccc1.Cc1ccccc1-c1ccccc1.Cc1ccccc1-c1ccccc1.Cc1ccccc1-c1ccccc1.Cc1ccccc1-c1ccccc1. The zero-order valence-corrected chi connectivity index (χ0v) is 88.8. The quantitative estimate of drug-likeness (QED) is 0.166. The van der Waals surface area contributed by atoms with Gasteiger partial charge in [0.15, 0.2) is 0 Å². The molecule has 140 heavy (non-hydrogen) atoms. The smallest absolute Gasteiger partial charge is 0.101 e. The van der Waals surface area contributed by atoms with E-state index >= 15 is 0 Å². The maximum absolute atomic E-state index is 8.58. The second-order valence-electron chi connectivity index (χ2n) is 28.4. The summed E-state index contributed by atoms with van der Waals surface area (Å²) in [5.74, 6) is 0. The Bertz CT molecular complexity index is 5640. The molecule has 16 rings (SSSR count). The second kappa shape index (κ2) is 87.8. The van der Waals surface area contributed by atoms with E-state index in [2.05, 4.69) is 298 Å². The van der Waals surface area contributed by atoms with Crippen molar-refractivity contribution >= 4 is 0 Å². The van der Waals surface area contributed by atoms with Crippen LogP contribution in [-0.4, -0.2) is 0 Å². The fourth-order valence-corrected chi connectivity index (χ4v) is 11.6. The van der Waals surface area contributed by atoms with Crippen molar-refractivity contribution in [1.82, 2.24) is 0 Å². The first-order valence-corrected chi connectivity index (χ1v) is 48.3. The number of aryl methyl sites for hydroxylation is 11. The Morgan fingerprint density at radius 3 is 0.579 bits per heavy atom. The van der Waals surface area contributed by atoms with Crippen molar-refractivity contribution in [3.63, 3.8) is 0 Å². The van der Waals surface area contributed by atoms with Crippen LogP contribution in [0.1, 0.15) is 222 Å². The third-order valence-corrected chi connectivity index (χ3v) is 18.5. The Morgan fingerprint density at radius 2 is 0.364 bits per heavy atom. The van der Waals surface area contributed by atoms with Crippen molar-refractivity contribution in [2.75, 3.05) is 0 Å². The van der Waals surface area contributed by atoms with Gasteiger partial charge < -0.3 is 0 Å². The Balaban J connectivity index is -0.000000714. The molecule has 8 heteroatoms. The van der Waals surface area contributed by atoms with E-state index in [1.165, 1.54) is 89.0 Å². The number of hydrogen-bond donors (Lipinski definition) is 0. The summed E-state index contributed by atoms with van der Waals surface area (Å²) in [6.45, 7) is 56.3. The van der Waals surface area contributed by atoms with E-state index in [-0.39, 0.29) is 0 Å². The minimum Gasteiger partial charge on any atom is -0.192 e. The van der Waals surface area contributed by atoms with Crippen LogP contribution in [0.25, 0.3) is 44.5 Å². The summed E-state index contributed by atoms with van der Waals surface area (Å²) in [4.78, 5) is 0. The molecule has 0 bridgehead atoms. The largest absolute Gasteiger partial charge is 0.192 e. The van der Waals surface area contributed by atoms with E-state index in [4.69, 9.17) is 42.1 Å². The summed E-state index contributed by atoms with van der Waals surface area (Å²) in [6.07, 6.45) is 0. The summed E-state index contributed by atoms with van der Waals surface area (Å²) in [7, 11) is 0. The molecule has 0 unspecified atom stereocenters. The molecule has 0 N–H and O–H groups in total. The molecule has 0 heterocycles. The standard InChI is InChI=1S/4C13H12.4C9H6N2.4C7H8.8C2H6/c4*1-11-7-5-6-10-13(11)12-8-3-2-4-9-12;1-7-2-8(5-10)4-9(3-7)6-11;1-7-2-3-8(5-10)4-9(7)6-11;1-7-2-3-8(5-10)9(4-7)6-11;1-7-8(5-10)3-2-4-9(7)6-11;4*1-7-5-3-2-4-6-7;8*1-2/h4*2-10H,1H3;4*2-4H,1H3;4*2-6H,1H3;8*1-2H3. The van der Waals surface area contributed by atoms with Gasteiger partial charge in [0.2, 0.25) is 0 Å². The lowest BCUT2D eigenvalue weighted by molar-refractivity contribution is 1.35. The van der Waals surface area contributed by atoms with Crippen LogP contribution >= 0.6 is 0 Å². The third-order valence-electron chi connectivity index (χ3n) is 18.5. The van der Waals surface area contributed by atoms with Gasteiger partial charge in [-0.3, -0.25) is 0 Å². The first-order chi connectivity index (χ1) is 68.2. The van der Waals surface area contributed by atoms with Crippen molar-refractivity contribution in [2.45, 2.75) is 194 Å². The molecule has 0 aliphatic rings. The number of nitrogens with zero attached hydrogens (tertiary/aromatic N) is 8. The Kier molecular flexibility index (Phi) is 81.3. The number of benzene rings is 16. The molecule has 720 valence electrons. The van der Waals surface area contributed by atoms with E-state index in [1.54, 1.807) is 73.7 Å². The second-order valence-corrected chi connectivity index (χ2v) is 28.4. The molecule has 0 fully saturated rings. The van der Waals surface area contributed by atoms with E-state index in [0.717, 1.165) is 22.3 Å².